The number of pyridine rings is 1. The fourth-order valence-corrected chi connectivity index (χ4v) is 1.17. The normalized spacial score (nSPS) is 10.8. The SMILES string of the molecule is C=CCOC(=O)Nc1cc(C(F)(F)F)cnc1C(=O)O. The average molecular weight is 290 g/mol. The molecule has 0 unspecified atom stereocenters. The highest BCUT2D eigenvalue weighted by Crippen LogP contribution is 2.31. The van der Waals surface area contributed by atoms with Gasteiger partial charge < -0.3 is 9.84 Å². The number of nitrogens with one attached hydrogen (secondary N) is 1. The minimum atomic E-state index is -4.72. The van der Waals surface area contributed by atoms with Crippen LogP contribution in [0.25, 0.3) is 0 Å². The number of alkyl halides is 3. The van der Waals surface area contributed by atoms with E-state index < -0.39 is 35.2 Å². The molecule has 0 fully saturated rings. The molecule has 9 heteroatoms. The van der Waals surface area contributed by atoms with Gasteiger partial charge in [0.25, 0.3) is 0 Å². The number of carboxylic acids is 1. The lowest BCUT2D eigenvalue weighted by atomic mass is 10.2. The van der Waals surface area contributed by atoms with Crippen LogP contribution < -0.4 is 5.32 Å². The van der Waals surface area contributed by atoms with Gasteiger partial charge in [-0.2, -0.15) is 13.2 Å². The molecule has 108 valence electrons. The number of halogens is 3. The molecule has 1 aromatic rings. The summed E-state index contributed by atoms with van der Waals surface area (Å²) in [6, 6.07) is 0.464. The molecule has 2 N–H and O–H groups in total. The van der Waals surface area contributed by atoms with E-state index >= 15 is 0 Å². The predicted octanol–water partition coefficient (Wildman–Crippen LogP) is 2.53. The molecule has 0 bridgehead atoms. The average Bonchev–Trinajstić information content (AvgIpc) is 2.34. The van der Waals surface area contributed by atoms with Gasteiger partial charge in [-0.15, -0.1) is 0 Å². The molecule has 0 radical (unpaired) electrons. The summed E-state index contributed by atoms with van der Waals surface area (Å²) in [4.78, 5) is 25.2. The summed E-state index contributed by atoms with van der Waals surface area (Å²) in [5.74, 6) is -1.59. The largest absolute Gasteiger partial charge is 0.476 e. The van der Waals surface area contributed by atoms with Gasteiger partial charge in [-0.05, 0) is 6.07 Å². The minimum absolute atomic E-state index is 0.180. The molecule has 0 atom stereocenters. The van der Waals surface area contributed by atoms with Crippen LogP contribution in [0.2, 0.25) is 0 Å². The van der Waals surface area contributed by atoms with Crippen molar-refractivity contribution >= 4 is 17.7 Å². The number of hydrogen-bond acceptors (Lipinski definition) is 4. The van der Waals surface area contributed by atoms with Gasteiger partial charge in [0, 0.05) is 6.20 Å². The summed E-state index contributed by atoms with van der Waals surface area (Å²) in [7, 11) is 0. The first kappa shape index (κ1) is 15.5. The van der Waals surface area contributed by atoms with Crippen LogP contribution in [0.3, 0.4) is 0 Å². The fraction of sp³-hybridized carbons (Fsp3) is 0.182. The number of rotatable bonds is 4. The van der Waals surface area contributed by atoms with Crippen molar-refractivity contribution < 1.29 is 32.6 Å². The number of ether oxygens (including phenoxy) is 1. The van der Waals surface area contributed by atoms with Gasteiger partial charge in [-0.1, -0.05) is 12.7 Å². The van der Waals surface area contributed by atoms with Gasteiger partial charge >= 0.3 is 18.2 Å². The minimum Gasteiger partial charge on any atom is -0.476 e. The Labute approximate surface area is 110 Å². The number of aromatic nitrogens is 1. The number of hydrogen-bond donors (Lipinski definition) is 2. The molecule has 0 spiro atoms. The highest BCUT2D eigenvalue weighted by molar-refractivity contribution is 5.97. The van der Waals surface area contributed by atoms with Gasteiger partial charge in [0.2, 0.25) is 0 Å². The highest BCUT2D eigenvalue weighted by atomic mass is 19.4. The molecule has 1 heterocycles. The van der Waals surface area contributed by atoms with Crippen molar-refractivity contribution in [2.45, 2.75) is 6.18 Å². The van der Waals surface area contributed by atoms with Crippen LogP contribution in [0.15, 0.2) is 24.9 Å². The molecule has 0 aliphatic carbocycles. The van der Waals surface area contributed by atoms with Crippen LogP contribution in [-0.4, -0.2) is 28.8 Å². The molecule has 0 aromatic carbocycles. The third-order valence-electron chi connectivity index (χ3n) is 1.99. The summed E-state index contributed by atoms with van der Waals surface area (Å²) in [6.07, 6.45) is -4.23. The molecule has 1 rings (SSSR count). The van der Waals surface area contributed by atoms with Crippen LogP contribution in [-0.2, 0) is 10.9 Å². The van der Waals surface area contributed by atoms with Crippen molar-refractivity contribution in [2.75, 3.05) is 11.9 Å². The zero-order valence-electron chi connectivity index (χ0n) is 9.90. The Kier molecular flexibility index (Phi) is 4.68. The Morgan fingerprint density at radius 3 is 2.65 bits per heavy atom. The van der Waals surface area contributed by atoms with Crippen LogP contribution in [0.4, 0.5) is 23.7 Å². The zero-order chi connectivity index (χ0) is 15.3. The second-order valence-corrected chi connectivity index (χ2v) is 3.44. The molecular formula is C11H9F3N2O4. The maximum atomic E-state index is 12.5. The number of carboxylic acid groups (broad SMARTS) is 1. The van der Waals surface area contributed by atoms with Crippen molar-refractivity contribution in [2.24, 2.45) is 0 Å². The monoisotopic (exact) mass is 290 g/mol. The van der Waals surface area contributed by atoms with Crippen LogP contribution in [0.1, 0.15) is 16.1 Å². The Balaban J connectivity index is 3.09. The lowest BCUT2D eigenvalue weighted by Crippen LogP contribution is -2.18. The summed E-state index contributed by atoms with van der Waals surface area (Å²) in [6.45, 7) is 3.09. The summed E-state index contributed by atoms with van der Waals surface area (Å²) < 4.78 is 42.0. The van der Waals surface area contributed by atoms with Crippen molar-refractivity contribution in [1.82, 2.24) is 4.98 Å². The van der Waals surface area contributed by atoms with Crippen molar-refractivity contribution in [1.29, 1.82) is 0 Å². The number of nitrogens with zero attached hydrogens (tertiary/aromatic N) is 1. The van der Waals surface area contributed by atoms with E-state index in [4.69, 9.17) is 5.11 Å². The molecular weight excluding hydrogens is 281 g/mol. The van der Waals surface area contributed by atoms with E-state index in [1.807, 2.05) is 5.32 Å². The molecule has 0 aliphatic rings. The van der Waals surface area contributed by atoms with Gasteiger partial charge in [-0.3, -0.25) is 5.32 Å². The van der Waals surface area contributed by atoms with E-state index in [0.29, 0.717) is 12.3 Å². The number of anilines is 1. The first-order valence-corrected chi connectivity index (χ1v) is 5.11. The Bertz CT molecular complexity index is 543. The quantitative estimate of drug-likeness (QED) is 0.832. The topological polar surface area (TPSA) is 88.5 Å². The molecule has 0 aliphatic heterocycles. The van der Waals surface area contributed by atoms with Gasteiger partial charge in [0.1, 0.15) is 6.61 Å². The van der Waals surface area contributed by atoms with Crippen molar-refractivity contribution in [3.8, 4) is 0 Å². The maximum absolute atomic E-state index is 12.5. The molecule has 1 aromatic heterocycles. The van der Waals surface area contributed by atoms with Gasteiger partial charge in [0.05, 0.1) is 11.3 Å². The summed E-state index contributed by atoms with van der Waals surface area (Å²) in [5, 5.41) is 10.7. The van der Waals surface area contributed by atoms with Gasteiger partial charge in [-0.25, -0.2) is 14.6 Å². The number of carbonyl (C=O) groups excluding carboxylic acids is 1. The maximum Gasteiger partial charge on any atom is 0.417 e. The number of aromatic carboxylic acids is 1. The second kappa shape index (κ2) is 6.04. The van der Waals surface area contributed by atoms with E-state index in [1.165, 1.54) is 6.08 Å². The third-order valence-corrected chi connectivity index (χ3v) is 1.99. The fourth-order valence-electron chi connectivity index (χ4n) is 1.17. The standard InChI is InChI=1S/C11H9F3N2O4/c1-2-3-20-10(19)16-7-4-6(11(12,13)14)5-15-8(7)9(17)18/h2,4-5H,1,3H2,(H,16,19)(H,17,18). The predicted molar refractivity (Wildman–Crippen MR) is 61.4 cm³/mol. The molecule has 20 heavy (non-hydrogen) atoms. The van der Waals surface area contributed by atoms with Crippen molar-refractivity contribution in [3.63, 3.8) is 0 Å². The van der Waals surface area contributed by atoms with Crippen molar-refractivity contribution in [3.05, 3.63) is 36.2 Å². The van der Waals surface area contributed by atoms with E-state index in [2.05, 4.69) is 16.3 Å². The van der Waals surface area contributed by atoms with Crippen LogP contribution in [0, 0.1) is 0 Å². The Morgan fingerprint density at radius 2 is 2.15 bits per heavy atom. The molecule has 0 saturated carbocycles. The lowest BCUT2D eigenvalue weighted by molar-refractivity contribution is -0.137. The Morgan fingerprint density at radius 1 is 1.50 bits per heavy atom. The van der Waals surface area contributed by atoms with Gasteiger partial charge in [0.15, 0.2) is 5.69 Å². The Hall–Kier alpha value is -2.58. The van der Waals surface area contributed by atoms with E-state index in [1.54, 1.807) is 0 Å². The third kappa shape index (κ3) is 3.97. The molecule has 6 nitrogen and oxygen atoms in total. The van der Waals surface area contributed by atoms with E-state index in [-0.39, 0.29) is 6.61 Å². The smallest absolute Gasteiger partial charge is 0.417 e. The van der Waals surface area contributed by atoms with Crippen LogP contribution in [0.5, 0.6) is 0 Å². The summed E-state index contributed by atoms with van der Waals surface area (Å²) >= 11 is 0. The molecule has 1 amide bonds. The zero-order valence-corrected chi connectivity index (χ0v) is 9.90. The van der Waals surface area contributed by atoms with Crippen LogP contribution >= 0.6 is 0 Å². The number of carbonyl (C=O) groups is 2. The highest BCUT2D eigenvalue weighted by Gasteiger charge is 2.32. The van der Waals surface area contributed by atoms with E-state index in [9.17, 15) is 22.8 Å². The first-order valence-electron chi connectivity index (χ1n) is 5.11. The van der Waals surface area contributed by atoms with E-state index in [0.717, 1.165) is 0 Å². The molecule has 0 saturated heterocycles. The summed E-state index contributed by atoms with van der Waals surface area (Å²) in [5.41, 5.74) is -2.53. The number of amides is 1. The lowest BCUT2D eigenvalue weighted by Gasteiger charge is -2.11. The first-order chi connectivity index (χ1) is 9.25. The second-order valence-electron chi connectivity index (χ2n) is 3.44.